The molecule has 0 unspecified atom stereocenters. The van der Waals surface area contributed by atoms with Gasteiger partial charge in [-0.1, -0.05) is 42.5 Å². The molecule has 1 aromatic heterocycles. The summed E-state index contributed by atoms with van der Waals surface area (Å²) in [4.78, 5) is 26.9. The number of nitrogens with zero attached hydrogens (tertiary/aromatic N) is 1. The van der Waals surface area contributed by atoms with Crippen molar-refractivity contribution in [1.29, 1.82) is 0 Å². The van der Waals surface area contributed by atoms with Gasteiger partial charge >= 0.3 is 0 Å². The SMILES string of the molecule is O=C(/C=C/c1ccccc1)Nc1cccc(-c2cc3c(o2)CCN(C(=O)c2ccc(F)cc2)C3)c1. The van der Waals surface area contributed by atoms with Gasteiger partial charge in [-0.2, -0.15) is 0 Å². The average molecular weight is 467 g/mol. The molecule has 6 heteroatoms. The van der Waals surface area contributed by atoms with Crippen molar-refractivity contribution >= 4 is 23.6 Å². The third-order valence-corrected chi connectivity index (χ3v) is 5.89. The third-order valence-electron chi connectivity index (χ3n) is 5.89. The second-order valence-electron chi connectivity index (χ2n) is 8.36. The maximum absolute atomic E-state index is 13.2. The Balaban J connectivity index is 1.28. The molecule has 0 saturated carbocycles. The fourth-order valence-electron chi connectivity index (χ4n) is 4.09. The number of hydrogen-bond acceptors (Lipinski definition) is 3. The summed E-state index contributed by atoms with van der Waals surface area (Å²) in [5.74, 6) is 0.810. The Morgan fingerprint density at radius 2 is 1.74 bits per heavy atom. The first-order valence-electron chi connectivity index (χ1n) is 11.4. The fourth-order valence-corrected chi connectivity index (χ4v) is 4.09. The smallest absolute Gasteiger partial charge is 0.254 e. The van der Waals surface area contributed by atoms with E-state index >= 15 is 0 Å². The predicted molar refractivity (Wildman–Crippen MR) is 133 cm³/mol. The number of hydrogen-bond donors (Lipinski definition) is 1. The standard InChI is InChI=1S/C29H23FN2O3/c30-24-12-10-21(11-13-24)29(34)32-16-15-26-23(19-32)18-27(35-26)22-7-4-8-25(17-22)31-28(33)14-9-20-5-2-1-3-6-20/h1-14,17-18H,15-16,19H2,(H,31,33)/b14-9+. The van der Waals surface area contributed by atoms with Crippen LogP contribution in [0.2, 0.25) is 0 Å². The van der Waals surface area contributed by atoms with Gasteiger partial charge in [-0.25, -0.2) is 4.39 Å². The second kappa shape index (κ2) is 9.81. The van der Waals surface area contributed by atoms with E-state index in [4.69, 9.17) is 4.42 Å². The van der Waals surface area contributed by atoms with Gasteiger partial charge in [-0.05, 0) is 54.1 Å². The van der Waals surface area contributed by atoms with E-state index in [0.717, 1.165) is 22.5 Å². The summed E-state index contributed by atoms with van der Waals surface area (Å²) >= 11 is 0. The van der Waals surface area contributed by atoms with Gasteiger partial charge in [0.2, 0.25) is 5.91 Å². The van der Waals surface area contributed by atoms with Gasteiger partial charge in [0.15, 0.2) is 0 Å². The summed E-state index contributed by atoms with van der Waals surface area (Å²) < 4.78 is 19.3. The summed E-state index contributed by atoms with van der Waals surface area (Å²) in [7, 11) is 0. The molecule has 0 radical (unpaired) electrons. The molecule has 2 amide bonds. The van der Waals surface area contributed by atoms with Gasteiger partial charge < -0.3 is 14.6 Å². The van der Waals surface area contributed by atoms with Crippen molar-refractivity contribution in [3.05, 3.63) is 119 Å². The first-order chi connectivity index (χ1) is 17.0. The summed E-state index contributed by atoms with van der Waals surface area (Å²) in [6.45, 7) is 0.954. The predicted octanol–water partition coefficient (Wildman–Crippen LogP) is 5.94. The molecule has 0 aliphatic carbocycles. The molecule has 3 aromatic carbocycles. The molecule has 174 valence electrons. The maximum atomic E-state index is 13.2. The fraction of sp³-hybridized carbons (Fsp3) is 0.103. The monoisotopic (exact) mass is 466 g/mol. The maximum Gasteiger partial charge on any atom is 0.254 e. The number of rotatable bonds is 5. The molecule has 5 nitrogen and oxygen atoms in total. The molecule has 0 spiro atoms. The molecule has 0 bridgehead atoms. The Hall–Kier alpha value is -4.45. The highest BCUT2D eigenvalue weighted by atomic mass is 19.1. The first kappa shape index (κ1) is 22.3. The molecule has 5 rings (SSSR count). The number of anilines is 1. The summed E-state index contributed by atoms with van der Waals surface area (Å²) in [6, 6.07) is 24.6. The molecule has 1 aliphatic heterocycles. The number of halogens is 1. The minimum Gasteiger partial charge on any atom is -0.461 e. The van der Waals surface area contributed by atoms with Crippen LogP contribution in [0.3, 0.4) is 0 Å². The van der Waals surface area contributed by atoms with E-state index in [0.29, 0.717) is 36.5 Å². The molecular formula is C29H23FN2O3. The summed E-state index contributed by atoms with van der Waals surface area (Å²) in [5.41, 5.74) is 3.85. The number of carbonyl (C=O) groups excluding carboxylic acids is 2. The zero-order valence-electron chi connectivity index (χ0n) is 18.9. The highest BCUT2D eigenvalue weighted by molar-refractivity contribution is 6.02. The molecule has 0 fully saturated rings. The lowest BCUT2D eigenvalue weighted by molar-refractivity contribution is -0.111. The Kier molecular flexibility index (Phi) is 6.26. The molecule has 0 saturated heterocycles. The van der Waals surface area contributed by atoms with Crippen LogP contribution in [-0.2, 0) is 17.8 Å². The highest BCUT2D eigenvalue weighted by Crippen LogP contribution is 2.31. The highest BCUT2D eigenvalue weighted by Gasteiger charge is 2.25. The van der Waals surface area contributed by atoms with Crippen molar-refractivity contribution < 1.29 is 18.4 Å². The number of nitrogens with one attached hydrogen (secondary N) is 1. The van der Waals surface area contributed by atoms with Crippen molar-refractivity contribution in [1.82, 2.24) is 4.90 Å². The molecule has 1 aliphatic rings. The van der Waals surface area contributed by atoms with E-state index in [1.165, 1.54) is 30.3 Å². The second-order valence-corrected chi connectivity index (χ2v) is 8.36. The van der Waals surface area contributed by atoms with E-state index < -0.39 is 0 Å². The Morgan fingerprint density at radius 1 is 0.943 bits per heavy atom. The number of fused-ring (bicyclic) bond motifs is 1. The summed E-state index contributed by atoms with van der Waals surface area (Å²) in [5, 5.41) is 2.88. The van der Waals surface area contributed by atoms with Gasteiger partial charge in [-0.3, -0.25) is 9.59 Å². The normalized spacial score (nSPS) is 13.0. The van der Waals surface area contributed by atoms with Crippen molar-refractivity contribution in [2.24, 2.45) is 0 Å². The summed E-state index contributed by atoms with van der Waals surface area (Å²) in [6.07, 6.45) is 3.86. The number of benzene rings is 3. The lowest BCUT2D eigenvalue weighted by atomic mass is 10.1. The third kappa shape index (κ3) is 5.22. The van der Waals surface area contributed by atoms with Crippen LogP contribution in [0.4, 0.5) is 10.1 Å². The molecule has 2 heterocycles. The van der Waals surface area contributed by atoms with Crippen molar-refractivity contribution in [2.45, 2.75) is 13.0 Å². The number of furan rings is 1. The van der Waals surface area contributed by atoms with Gasteiger partial charge in [0.25, 0.3) is 5.91 Å². The van der Waals surface area contributed by atoms with E-state index in [9.17, 15) is 14.0 Å². The van der Waals surface area contributed by atoms with Crippen LogP contribution in [0.5, 0.6) is 0 Å². The van der Waals surface area contributed by atoms with Crippen LogP contribution in [0.15, 0.2) is 95.4 Å². The largest absolute Gasteiger partial charge is 0.461 e. The van der Waals surface area contributed by atoms with E-state index in [2.05, 4.69) is 5.32 Å². The van der Waals surface area contributed by atoms with Crippen molar-refractivity contribution in [3.8, 4) is 11.3 Å². The minimum absolute atomic E-state index is 0.133. The zero-order valence-corrected chi connectivity index (χ0v) is 18.9. The average Bonchev–Trinajstić information content (AvgIpc) is 3.32. The Bertz CT molecular complexity index is 1390. The van der Waals surface area contributed by atoms with Gasteiger partial charge in [-0.15, -0.1) is 0 Å². The van der Waals surface area contributed by atoms with Crippen LogP contribution in [0, 0.1) is 5.82 Å². The van der Waals surface area contributed by atoms with Gasteiger partial charge in [0.05, 0.1) is 0 Å². The lowest BCUT2D eigenvalue weighted by Gasteiger charge is -2.26. The number of carbonyl (C=O) groups is 2. The van der Waals surface area contributed by atoms with Crippen molar-refractivity contribution in [2.75, 3.05) is 11.9 Å². The first-order valence-corrected chi connectivity index (χ1v) is 11.4. The number of amides is 2. The molecule has 1 N–H and O–H groups in total. The minimum atomic E-state index is -0.368. The lowest BCUT2D eigenvalue weighted by Crippen LogP contribution is -2.35. The van der Waals surface area contributed by atoms with Crippen LogP contribution >= 0.6 is 0 Å². The van der Waals surface area contributed by atoms with E-state index in [1.54, 1.807) is 11.0 Å². The van der Waals surface area contributed by atoms with Crippen LogP contribution in [0.25, 0.3) is 17.4 Å². The van der Waals surface area contributed by atoms with E-state index in [1.807, 2.05) is 60.7 Å². The molecule has 0 atom stereocenters. The Morgan fingerprint density at radius 3 is 2.54 bits per heavy atom. The Labute approximate surface area is 202 Å². The van der Waals surface area contributed by atoms with Crippen LogP contribution in [0.1, 0.15) is 27.2 Å². The molecule has 35 heavy (non-hydrogen) atoms. The van der Waals surface area contributed by atoms with Gasteiger partial charge in [0, 0.05) is 48.0 Å². The van der Waals surface area contributed by atoms with Gasteiger partial charge in [0.1, 0.15) is 17.3 Å². The quantitative estimate of drug-likeness (QED) is 0.371. The van der Waals surface area contributed by atoms with E-state index in [-0.39, 0.29) is 17.6 Å². The topological polar surface area (TPSA) is 62.6 Å². The zero-order chi connectivity index (χ0) is 24.2. The van der Waals surface area contributed by atoms with Crippen LogP contribution in [-0.4, -0.2) is 23.3 Å². The molecular weight excluding hydrogens is 443 g/mol. The molecule has 4 aromatic rings. The van der Waals surface area contributed by atoms with Crippen LogP contribution < -0.4 is 5.32 Å². The van der Waals surface area contributed by atoms with Crippen molar-refractivity contribution in [3.63, 3.8) is 0 Å².